The highest BCUT2D eigenvalue weighted by molar-refractivity contribution is 6.30. The second kappa shape index (κ2) is 8.54. The van der Waals surface area contributed by atoms with Crippen molar-refractivity contribution < 1.29 is 9.59 Å². The average Bonchev–Trinajstić information content (AvgIpc) is 3.01. The van der Waals surface area contributed by atoms with Gasteiger partial charge in [-0.25, -0.2) is 0 Å². The summed E-state index contributed by atoms with van der Waals surface area (Å²) >= 11 is 5.92. The summed E-state index contributed by atoms with van der Waals surface area (Å²) in [6, 6.07) is 9.53. The largest absolute Gasteiger partial charge is 0.342 e. The van der Waals surface area contributed by atoms with Gasteiger partial charge in [0.25, 0.3) is 5.91 Å². The van der Waals surface area contributed by atoms with Gasteiger partial charge in [0.2, 0.25) is 5.91 Å². The van der Waals surface area contributed by atoms with Crippen LogP contribution in [0, 0.1) is 6.92 Å². The molecule has 1 N–H and O–H groups in total. The molecular formula is C19H24ClN5O2. The van der Waals surface area contributed by atoms with Crippen LogP contribution in [0.2, 0.25) is 5.02 Å². The van der Waals surface area contributed by atoms with Gasteiger partial charge in [0, 0.05) is 50.5 Å². The Morgan fingerprint density at radius 3 is 2.41 bits per heavy atom. The molecule has 27 heavy (non-hydrogen) atoms. The molecule has 1 aromatic heterocycles. The van der Waals surface area contributed by atoms with E-state index in [-0.39, 0.29) is 18.4 Å². The van der Waals surface area contributed by atoms with Gasteiger partial charge in [-0.15, -0.1) is 0 Å². The summed E-state index contributed by atoms with van der Waals surface area (Å²) in [7, 11) is 1.78. The Kier molecular flexibility index (Phi) is 6.13. The monoisotopic (exact) mass is 389 g/mol. The number of halogens is 1. The molecule has 1 aliphatic rings. The number of aromatic nitrogens is 2. The molecule has 8 heteroatoms. The third kappa shape index (κ3) is 5.08. The summed E-state index contributed by atoms with van der Waals surface area (Å²) in [4.78, 5) is 28.6. The lowest BCUT2D eigenvalue weighted by Crippen LogP contribution is -2.50. The smallest absolute Gasteiger partial charge is 0.272 e. The highest BCUT2D eigenvalue weighted by Gasteiger charge is 2.22. The van der Waals surface area contributed by atoms with Crippen LogP contribution in [-0.4, -0.2) is 64.1 Å². The first-order valence-corrected chi connectivity index (χ1v) is 9.33. The van der Waals surface area contributed by atoms with E-state index in [2.05, 4.69) is 15.3 Å². The molecule has 0 aliphatic carbocycles. The van der Waals surface area contributed by atoms with E-state index >= 15 is 0 Å². The summed E-state index contributed by atoms with van der Waals surface area (Å²) < 4.78 is 1.64. The van der Waals surface area contributed by atoms with E-state index in [9.17, 15) is 9.59 Å². The maximum atomic E-state index is 12.4. The summed E-state index contributed by atoms with van der Waals surface area (Å²) in [6.45, 7) is 5.64. The number of aryl methyl sites for hydroxylation is 2. The molecule has 7 nitrogen and oxygen atoms in total. The van der Waals surface area contributed by atoms with Gasteiger partial charge in [-0.1, -0.05) is 23.7 Å². The van der Waals surface area contributed by atoms with Crippen molar-refractivity contribution in [1.82, 2.24) is 24.9 Å². The lowest BCUT2D eigenvalue weighted by molar-refractivity contribution is -0.131. The Bertz CT molecular complexity index is 791. The highest BCUT2D eigenvalue weighted by Crippen LogP contribution is 2.13. The van der Waals surface area contributed by atoms with E-state index in [1.165, 1.54) is 5.56 Å². The first-order valence-electron chi connectivity index (χ1n) is 8.96. The summed E-state index contributed by atoms with van der Waals surface area (Å²) in [5, 5.41) is 7.51. The zero-order valence-corrected chi connectivity index (χ0v) is 16.4. The Hall–Kier alpha value is -2.38. The molecule has 0 radical (unpaired) electrons. The molecule has 0 saturated carbocycles. The number of hydrogen-bond acceptors (Lipinski definition) is 4. The van der Waals surface area contributed by atoms with Crippen LogP contribution in [0.4, 0.5) is 0 Å². The van der Waals surface area contributed by atoms with Crippen LogP contribution in [0.15, 0.2) is 30.3 Å². The number of rotatable bonds is 5. The number of piperazine rings is 1. The Balaban J connectivity index is 1.43. The summed E-state index contributed by atoms with van der Waals surface area (Å²) in [6.07, 6.45) is 0. The number of nitrogens with one attached hydrogen (secondary N) is 1. The molecular weight excluding hydrogens is 366 g/mol. The van der Waals surface area contributed by atoms with Crippen molar-refractivity contribution in [3.8, 4) is 0 Å². The predicted molar refractivity (Wildman–Crippen MR) is 104 cm³/mol. The van der Waals surface area contributed by atoms with Gasteiger partial charge in [0.05, 0.1) is 6.54 Å². The minimum atomic E-state index is -0.326. The number of benzene rings is 1. The third-order valence-electron chi connectivity index (χ3n) is 4.79. The van der Waals surface area contributed by atoms with Crippen molar-refractivity contribution in [2.75, 3.05) is 32.7 Å². The first-order chi connectivity index (χ1) is 12.9. The minimum absolute atomic E-state index is 0.00829. The van der Waals surface area contributed by atoms with Crippen molar-refractivity contribution in [2.45, 2.75) is 13.5 Å². The fourth-order valence-electron chi connectivity index (χ4n) is 3.03. The van der Waals surface area contributed by atoms with Crippen LogP contribution < -0.4 is 5.32 Å². The van der Waals surface area contributed by atoms with E-state index in [1.807, 2.05) is 31.2 Å². The molecule has 1 saturated heterocycles. The number of nitrogens with zero attached hydrogens (tertiary/aromatic N) is 4. The second-order valence-electron chi connectivity index (χ2n) is 6.76. The summed E-state index contributed by atoms with van der Waals surface area (Å²) in [5.41, 5.74) is 2.43. The standard InChI is InChI=1S/C19H24ClN5O2/c1-14-11-17(22-23(14)2)19(27)21-12-18(26)25-9-7-24(8-10-25)13-15-3-5-16(20)6-4-15/h3-6,11H,7-10,12-13H2,1-2H3,(H,21,27). The molecule has 3 rings (SSSR count). The Morgan fingerprint density at radius 1 is 1.15 bits per heavy atom. The molecule has 1 aromatic carbocycles. The van der Waals surface area contributed by atoms with Crippen molar-refractivity contribution >= 4 is 23.4 Å². The average molecular weight is 390 g/mol. The van der Waals surface area contributed by atoms with Crippen LogP contribution in [0.5, 0.6) is 0 Å². The molecule has 0 spiro atoms. The fourth-order valence-corrected chi connectivity index (χ4v) is 3.16. The topological polar surface area (TPSA) is 70.5 Å². The van der Waals surface area contributed by atoms with Gasteiger partial charge in [-0.2, -0.15) is 5.10 Å². The van der Waals surface area contributed by atoms with Crippen LogP contribution in [0.1, 0.15) is 21.7 Å². The molecule has 0 bridgehead atoms. The zero-order chi connectivity index (χ0) is 19.4. The van der Waals surface area contributed by atoms with E-state index in [1.54, 1.807) is 22.7 Å². The van der Waals surface area contributed by atoms with Crippen molar-refractivity contribution in [3.05, 3.63) is 52.3 Å². The predicted octanol–water partition coefficient (Wildman–Crippen LogP) is 1.46. The molecule has 1 fully saturated rings. The van der Waals surface area contributed by atoms with Crippen molar-refractivity contribution in [3.63, 3.8) is 0 Å². The molecule has 2 amide bonds. The highest BCUT2D eigenvalue weighted by atomic mass is 35.5. The maximum absolute atomic E-state index is 12.4. The van der Waals surface area contributed by atoms with E-state index in [0.29, 0.717) is 18.8 Å². The minimum Gasteiger partial charge on any atom is -0.342 e. The molecule has 144 valence electrons. The normalized spacial score (nSPS) is 15.0. The second-order valence-corrected chi connectivity index (χ2v) is 7.20. The quantitative estimate of drug-likeness (QED) is 0.840. The number of carbonyl (C=O) groups is 2. The molecule has 1 aliphatic heterocycles. The lowest BCUT2D eigenvalue weighted by atomic mass is 10.2. The van der Waals surface area contributed by atoms with E-state index in [4.69, 9.17) is 11.6 Å². The van der Waals surface area contributed by atoms with Crippen LogP contribution in [0.3, 0.4) is 0 Å². The number of hydrogen-bond donors (Lipinski definition) is 1. The first kappa shape index (κ1) is 19.4. The van der Waals surface area contributed by atoms with Crippen LogP contribution in [-0.2, 0) is 18.4 Å². The van der Waals surface area contributed by atoms with Gasteiger partial charge < -0.3 is 10.2 Å². The number of amides is 2. The molecule has 2 heterocycles. The van der Waals surface area contributed by atoms with Crippen LogP contribution >= 0.6 is 11.6 Å². The Labute approximate surface area is 163 Å². The molecule has 0 atom stereocenters. The Morgan fingerprint density at radius 2 is 1.81 bits per heavy atom. The fraction of sp³-hybridized carbons (Fsp3) is 0.421. The van der Waals surface area contributed by atoms with Gasteiger partial charge in [-0.3, -0.25) is 19.2 Å². The SMILES string of the molecule is Cc1cc(C(=O)NCC(=O)N2CCN(Cc3ccc(Cl)cc3)CC2)nn1C. The molecule has 0 unspecified atom stereocenters. The third-order valence-corrected chi connectivity index (χ3v) is 5.04. The zero-order valence-electron chi connectivity index (χ0n) is 15.6. The van der Waals surface area contributed by atoms with Gasteiger partial charge in [0.1, 0.15) is 5.69 Å². The van der Waals surface area contributed by atoms with Crippen molar-refractivity contribution in [2.24, 2.45) is 7.05 Å². The van der Waals surface area contributed by atoms with Crippen molar-refractivity contribution in [1.29, 1.82) is 0 Å². The molecule has 2 aromatic rings. The van der Waals surface area contributed by atoms with Gasteiger partial charge in [-0.05, 0) is 30.7 Å². The van der Waals surface area contributed by atoms with E-state index < -0.39 is 0 Å². The van der Waals surface area contributed by atoms with Crippen LogP contribution in [0.25, 0.3) is 0 Å². The van der Waals surface area contributed by atoms with E-state index in [0.717, 1.165) is 30.4 Å². The maximum Gasteiger partial charge on any atom is 0.272 e. The van der Waals surface area contributed by atoms with Gasteiger partial charge >= 0.3 is 0 Å². The lowest BCUT2D eigenvalue weighted by Gasteiger charge is -2.34. The van der Waals surface area contributed by atoms with Gasteiger partial charge in [0.15, 0.2) is 0 Å². The number of carbonyl (C=O) groups excluding carboxylic acids is 2. The summed E-state index contributed by atoms with van der Waals surface area (Å²) in [5.74, 6) is -0.393.